The van der Waals surface area contributed by atoms with E-state index in [1.807, 2.05) is 0 Å². The smallest absolute Gasteiger partial charge is 0.267 e. The molecule has 3 rings (SSSR count). The van der Waals surface area contributed by atoms with Crippen LogP contribution in [0.15, 0.2) is 41.2 Å². The summed E-state index contributed by atoms with van der Waals surface area (Å²) in [5.41, 5.74) is 1.44. The summed E-state index contributed by atoms with van der Waals surface area (Å²) in [7, 11) is 0. The molecule has 6 nitrogen and oxygen atoms in total. The maximum absolute atomic E-state index is 12.4. The standard InChI is InChI=1S/C21H24N4O2/c1-21(2)9-11-24(12-10-21)19-7-8-20(27)25(23-19)15-18(26)13-16-3-5-17(14-22)6-4-16/h3-8H,9-13,15H2,1-2H3. The summed E-state index contributed by atoms with van der Waals surface area (Å²) >= 11 is 0. The fourth-order valence-electron chi connectivity index (χ4n) is 3.21. The topological polar surface area (TPSA) is 79.0 Å². The Hall–Kier alpha value is -2.94. The summed E-state index contributed by atoms with van der Waals surface area (Å²) in [6.07, 6.45) is 2.36. The first-order chi connectivity index (χ1) is 12.9. The molecule has 0 amide bonds. The molecule has 0 radical (unpaired) electrons. The first kappa shape index (κ1) is 18.8. The summed E-state index contributed by atoms with van der Waals surface area (Å²) in [6.45, 7) is 6.28. The molecule has 6 heteroatoms. The Morgan fingerprint density at radius 2 is 1.81 bits per heavy atom. The number of carbonyl (C=O) groups is 1. The summed E-state index contributed by atoms with van der Waals surface area (Å²) in [5, 5.41) is 13.2. The SMILES string of the molecule is CC1(C)CCN(c2ccc(=O)n(CC(=O)Cc3ccc(C#N)cc3)n2)CC1. The fraction of sp³-hybridized carbons (Fsp3) is 0.429. The van der Waals surface area contributed by atoms with Crippen molar-refractivity contribution in [1.82, 2.24) is 9.78 Å². The van der Waals surface area contributed by atoms with E-state index in [4.69, 9.17) is 5.26 Å². The summed E-state index contributed by atoms with van der Waals surface area (Å²) < 4.78 is 1.25. The number of nitriles is 1. The van der Waals surface area contributed by atoms with E-state index in [-0.39, 0.29) is 24.3 Å². The van der Waals surface area contributed by atoms with Crippen LogP contribution in [0.1, 0.15) is 37.8 Å². The summed E-state index contributed by atoms with van der Waals surface area (Å²) in [6, 6.07) is 12.2. The minimum atomic E-state index is -0.274. The molecule has 0 bridgehead atoms. The van der Waals surface area contributed by atoms with Crippen LogP contribution in [-0.2, 0) is 17.8 Å². The number of piperidine rings is 1. The highest BCUT2D eigenvalue weighted by Crippen LogP contribution is 2.31. The Morgan fingerprint density at radius 1 is 1.15 bits per heavy atom. The third-order valence-corrected chi connectivity index (χ3v) is 5.10. The Kier molecular flexibility index (Phi) is 5.41. The van der Waals surface area contributed by atoms with Crippen LogP contribution in [0.25, 0.3) is 0 Å². The average molecular weight is 364 g/mol. The van der Waals surface area contributed by atoms with Crippen molar-refractivity contribution in [3.05, 3.63) is 57.9 Å². The van der Waals surface area contributed by atoms with Gasteiger partial charge in [-0.2, -0.15) is 10.4 Å². The number of anilines is 1. The third kappa shape index (κ3) is 4.82. The Labute approximate surface area is 159 Å². The second-order valence-electron chi connectivity index (χ2n) is 7.86. The maximum Gasteiger partial charge on any atom is 0.267 e. The Morgan fingerprint density at radius 3 is 2.44 bits per heavy atom. The van der Waals surface area contributed by atoms with Crippen molar-refractivity contribution in [3.63, 3.8) is 0 Å². The molecule has 1 aliphatic rings. The van der Waals surface area contributed by atoms with Crippen LogP contribution in [0.4, 0.5) is 5.82 Å². The van der Waals surface area contributed by atoms with E-state index in [9.17, 15) is 9.59 Å². The minimum absolute atomic E-state index is 0.0496. The van der Waals surface area contributed by atoms with Crippen LogP contribution in [0.3, 0.4) is 0 Å². The maximum atomic E-state index is 12.4. The fourth-order valence-corrected chi connectivity index (χ4v) is 3.21. The van der Waals surface area contributed by atoms with Gasteiger partial charge in [-0.05, 0) is 42.0 Å². The van der Waals surface area contributed by atoms with Crippen LogP contribution in [0.5, 0.6) is 0 Å². The average Bonchev–Trinajstić information content (AvgIpc) is 2.64. The largest absolute Gasteiger partial charge is 0.355 e. The van der Waals surface area contributed by atoms with Gasteiger partial charge in [-0.3, -0.25) is 9.59 Å². The van der Waals surface area contributed by atoms with Crippen LogP contribution in [0, 0.1) is 16.7 Å². The highest BCUT2D eigenvalue weighted by Gasteiger charge is 2.26. The Balaban J connectivity index is 1.68. The number of carbonyl (C=O) groups excluding carboxylic acids is 1. The van der Waals surface area contributed by atoms with Gasteiger partial charge in [0.05, 0.1) is 11.6 Å². The van der Waals surface area contributed by atoms with Gasteiger partial charge in [0, 0.05) is 25.6 Å². The van der Waals surface area contributed by atoms with Crippen molar-refractivity contribution in [1.29, 1.82) is 5.26 Å². The van der Waals surface area contributed by atoms with E-state index in [1.54, 1.807) is 30.3 Å². The zero-order valence-corrected chi connectivity index (χ0v) is 15.8. The molecule has 0 unspecified atom stereocenters. The van der Waals surface area contributed by atoms with Crippen molar-refractivity contribution in [3.8, 4) is 6.07 Å². The van der Waals surface area contributed by atoms with Crippen LogP contribution in [0.2, 0.25) is 0 Å². The van der Waals surface area contributed by atoms with Gasteiger partial charge in [0.1, 0.15) is 12.4 Å². The molecule has 1 fully saturated rings. The molecule has 0 aliphatic carbocycles. The predicted molar refractivity (Wildman–Crippen MR) is 104 cm³/mol. The minimum Gasteiger partial charge on any atom is -0.355 e. The van der Waals surface area contributed by atoms with Gasteiger partial charge in [-0.1, -0.05) is 26.0 Å². The van der Waals surface area contributed by atoms with Crippen LogP contribution >= 0.6 is 0 Å². The van der Waals surface area contributed by atoms with Crippen molar-refractivity contribution in [2.24, 2.45) is 5.41 Å². The van der Waals surface area contributed by atoms with Gasteiger partial charge in [0.2, 0.25) is 0 Å². The number of hydrogen-bond acceptors (Lipinski definition) is 5. The van der Waals surface area contributed by atoms with Crippen LogP contribution < -0.4 is 10.5 Å². The van der Waals surface area contributed by atoms with E-state index in [1.165, 1.54) is 10.7 Å². The highest BCUT2D eigenvalue weighted by molar-refractivity contribution is 5.80. The van der Waals surface area contributed by atoms with Crippen molar-refractivity contribution >= 4 is 11.6 Å². The van der Waals surface area contributed by atoms with E-state index < -0.39 is 0 Å². The molecule has 1 saturated heterocycles. The molecule has 140 valence electrons. The molecule has 1 aromatic carbocycles. The second kappa shape index (κ2) is 7.75. The molecule has 1 aromatic heterocycles. The number of hydrogen-bond donors (Lipinski definition) is 0. The van der Waals surface area contributed by atoms with Crippen molar-refractivity contribution < 1.29 is 4.79 Å². The summed E-state index contributed by atoms with van der Waals surface area (Å²) in [5.74, 6) is 0.655. The lowest BCUT2D eigenvalue weighted by molar-refractivity contribution is -0.119. The molecule has 2 heterocycles. The van der Waals surface area contributed by atoms with E-state index in [2.05, 4.69) is 29.9 Å². The monoisotopic (exact) mass is 364 g/mol. The van der Waals surface area contributed by atoms with Crippen molar-refractivity contribution in [2.75, 3.05) is 18.0 Å². The van der Waals surface area contributed by atoms with Gasteiger partial charge in [0.25, 0.3) is 5.56 Å². The van der Waals surface area contributed by atoms with Gasteiger partial charge in [0.15, 0.2) is 5.78 Å². The molecule has 0 saturated carbocycles. The van der Waals surface area contributed by atoms with E-state index in [0.717, 1.165) is 37.3 Å². The lowest BCUT2D eigenvalue weighted by Gasteiger charge is -2.37. The number of aromatic nitrogens is 2. The lowest BCUT2D eigenvalue weighted by atomic mass is 9.83. The first-order valence-corrected chi connectivity index (χ1v) is 9.20. The van der Waals surface area contributed by atoms with Gasteiger partial charge in [-0.25, -0.2) is 4.68 Å². The molecular weight excluding hydrogens is 340 g/mol. The van der Waals surface area contributed by atoms with Crippen molar-refractivity contribution in [2.45, 2.75) is 39.7 Å². The zero-order valence-electron chi connectivity index (χ0n) is 15.8. The molecule has 1 aliphatic heterocycles. The van der Waals surface area contributed by atoms with Gasteiger partial charge < -0.3 is 4.90 Å². The number of rotatable bonds is 5. The third-order valence-electron chi connectivity index (χ3n) is 5.10. The number of nitrogens with zero attached hydrogens (tertiary/aromatic N) is 4. The normalized spacial score (nSPS) is 16.0. The first-order valence-electron chi connectivity index (χ1n) is 9.20. The van der Waals surface area contributed by atoms with Gasteiger partial charge >= 0.3 is 0 Å². The molecule has 2 aromatic rings. The molecule has 0 N–H and O–H groups in total. The van der Waals surface area contributed by atoms with E-state index in [0.29, 0.717) is 11.0 Å². The lowest BCUT2D eigenvalue weighted by Crippen LogP contribution is -2.39. The molecule has 27 heavy (non-hydrogen) atoms. The Bertz CT molecular complexity index is 912. The number of benzene rings is 1. The highest BCUT2D eigenvalue weighted by atomic mass is 16.1. The molecule has 0 atom stereocenters. The zero-order chi connectivity index (χ0) is 19.4. The number of ketones is 1. The van der Waals surface area contributed by atoms with Crippen LogP contribution in [-0.4, -0.2) is 28.7 Å². The summed E-state index contributed by atoms with van der Waals surface area (Å²) in [4.78, 5) is 26.7. The number of Topliss-reactive ketones (excluding diaryl/α,β-unsaturated/α-hetero) is 1. The molecule has 0 spiro atoms. The quantitative estimate of drug-likeness (QED) is 0.815. The van der Waals surface area contributed by atoms with E-state index >= 15 is 0 Å². The predicted octanol–water partition coefficient (Wildman–Crippen LogP) is 2.55. The molecular formula is C21H24N4O2. The van der Waals surface area contributed by atoms with Gasteiger partial charge in [-0.15, -0.1) is 0 Å². The second-order valence-corrected chi connectivity index (χ2v) is 7.86.